The topological polar surface area (TPSA) is 75.3 Å². The lowest BCUT2D eigenvalue weighted by molar-refractivity contribution is -0.114. The zero-order valence-electron chi connectivity index (χ0n) is 11.7. The summed E-state index contributed by atoms with van der Waals surface area (Å²) in [5.74, 6) is -4.04. The summed E-state index contributed by atoms with van der Waals surface area (Å²) in [6.07, 6.45) is 0. The van der Waals surface area contributed by atoms with Crippen LogP contribution in [0.1, 0.15) is 6.92 Å². The Kier molecular flexibility index (Phi) is 4.60. The summed E-state index contributed by atoms with van der Waals surface area (Å²) in [4.78, 5) is 9.74. The number of amides is 1. The molecule has 23 heavy (non-hydrogen) atoms. The average molecular weight is 344 g/mol. The van der Waals surface area contributed by atoms with Gasteiger partial charge in [0.15, 0.2) is 4.90 Å². The molecule has 0 spiro atoms. The van der Waals surface area contributed by atoms with Gasteiger partial charge in [-0.05, 0) is 30.3 Å². The van der Waals surface area contributed by atoms with Gasteiger partial charge in [0.2, 0.25) is 5.91 Å². The smallest absolute Gasteiger partial charge is 0.267 e. The lowest BCUT2D eigenvalue weighted by Gasteiger charge is -2.12. The molecule has 0 aromatic heterocycles. The Bertz CT molecular complexity index is 849. The highest BCUT2D eigenvalue weighted by Crippen LogP contribution is 2.25. The Morgan fingerprint density at radius 3 is 2.17 bits per heavy atom. The quantitative estimate of drug-likeness (QED) is 0.895. The monoisotopic (exact) mass is 344 g/mol. The Morgan fingerprint density at radius 2 is 1.61 bits per heavy atom. The third kappa shape index (κ3) is 3.81. The standard InChI is InChI=1S/C14H11F3N2O3S/c1-8(20)18-9-5-6-10(15)13(7-9)19-23(21,22)14-11(16)3-2-4-12(14)17/h2-7,19H,1H3,(H,18,20). The lowest BCUT2D eigenvalue weighted by Crippen LogP contribution is -2.17. The van der Waals surface area contributed by atoms with Crippen molar-refractivity contribution < 1.29 is 26.4 Å². The van der Waals surface area contributed by atoms with Gasteiger partial charge in [0.05, 0.1) is 5.69 Å². The summed E-state index contributed by atoms with van der Waals surface area (Å²) in [7, 11) is -4.70. The van der Waals surface area contributed by atoms with Crippen molar-refractivity contribution in [1.82, 2.24) is 0 Å². The van der Waals surface area contributed by atoms with E-state index in [0.717, 1.165) is 30.3 Å². The highest BCUT2D eigenvalue weighted by atomic mass is 32.2. The minimum Gasteiger partial charge on any atom is -0.326 e. The number of anilines is 2. The summed E-state index contributed by atoms with van der Waals surface area (Å²) in [6, 6.07) is 5.64. The van der Waals surface area contributed by atoms with E-state index in [2.05, 4.69) is 5.32 Å². The second-order valence-corrected chi connectivity index (χ2v) is 6.15. The van der Waals surface area contributed by atoms with Crippen molar-refractivity contribution in [3.63, 3.8) is 0 Å². The van der Waals surface area contributed by atoms with Crippen LogP contribution in [0.3, 0.4) is 0 Å². The van der Waals surface area contributed by atoms with Gasteiger partial charge in [-0.1, -0.05) is 6.07 Å². The fourth-order valence-corrected chi connectivity index (χ4v) is 3.02. The van der Waals surface area contributed by atoms with E-state index < -0.39 is 44.0 Å². The van der Waals surface area contributed by atoms with E-state index in [4.69, 9.17) is 0 Å². The molecule has 1 amide bonds. The fraction of sp³-hybridized carbons (Fsp3) is 0.0714. The fourth-order valence-electron chi connectivity index (χ4n) is 1.82. The minimum absolute atomic E-state index is 0.116. The first-order chi connectivity index (χ1) is 10.7. The van der Waals surface area contributed by atoms with Crippen LogP contribution < -0.4 is 10.0 Å². The number of hydrogen-bond donors (Lipinski definition) is 2. The molecular formula is C14H11F3N2O3S. The Labute approximate surface area is 130 Å². The first-order valence-electron chi connectivity index (χ1n) is 6.24. The largest absolute Gasteiger partial charge is 0.326 e. The van der Waals surface area contributed by atoms with Gasteiger partial charge in [-0.3, -0.25) is 9.52 Å². The van der Waals surface area contributed by atoms with E-state index in [1.807, 2.05) is 0 Å². The molecular weight excluding hydrogens is 333 g/mol. The van der Waals surface area contributed by atoms with Crippen molar-refractivity contribution >= 4 is 27.3 Å². The van der Waals surface area contributed by atoms with E-state index in [1.54, 1.807) is 4.72 Å². The summed E-state index contributed by atoms with van der Waals surface area (Å²) >= 11 is 0. The molecule has 0 atom stereocenters. The van der Waals surface area contributed by atoms with Crippen molar-refractivity contribution in [2.24, 2.45) is 0 Å². The summed E-state index contributed by atoms with van der Waals surface area (Å²) in [5, 5.41) is 2.33. The maximum Gasteiger partial charge on any atom is 0.267 e. The molecule has 0 saturated carbocycles. The van der Waals surface area contributed by atoms with Crippen LogP contribution in [0.5, 0.6) is 0 Å². The van der Waals surface area contributed by atoms with Crippen molar-refractivity contribution in [3.8, 4) is 0 Å². The van der Waals surface area contributed by atoms with Crippen LogP contribution in [0.4, 0.5) is 24.5 Å². The van der Waals surface area contributed by atoms with Gasteiger partial charge < -0.3 is 5.32 Å². The Morgan fingerprint density at radius 1 is 1.00 bits per heavy atom. The third-order valence-corrected chi connectivity index (χ3v) is 4.13. The number of rotatable bonds is 4. The van der Waals surface area contributed by atoms with E-state index in [-0.39, 0.29) is 5.69 Å². The lowest BCUT2D eigenvalue weighted by atomic mass is 10.2. The molecule has 0 radical (unpaired) electrons. The molecule has 0 bridgehead atoms. The van der Waals surface area contributed by atoms with Crippen LogP contribution in [-0.4, -0.2) is 14.3 Å². The van der Waals surface area contributed by atoms with Crippen molar-refractivity contribution in [2.45, 2.75) is 11.8 Å². The van der Waals surface area contributed by atoms with Crippen LogP contribution in [0, 0.1) is 17.5 Å². The molecule has 0 aliphatic carbocycles. The molecule has 2 aromatic rings. The normalized spacial score (nSPS) is 11.1. The molecule has 0 fully saturated rings. The summed E-state index contributed by atoms with van der Waals surface area (Å²) in [6.45, 7) is 1.21. The summed E-state index contributed by atoms with van der Waals surface area (Å²) in [5.41, 5.74) is -0.440. The molecule has 0 saturated heterocycles. The molecule has 0 aliphatic rings. The molecule has 2 N–H and O–H groups in total. The zero-order valence-corrected chi connectivity index (χ0v) is 12.5. The molecule has 2 aromatic carbocycles. The molecule has 0 unspecified atom stereocenters. The summed E-state index contributed by atoms with van der Waals surface area (Å²) < 4.78 is 66.8. The third-order valence-electron chi connectivity index (χ3n) is 2.72. The van der Waals surface area contributed by atoms with Gasteiger partial charge >= 0.3 is 0 Å². The van der Waals surface area contributed by atoms with Crippen LogP contribution >= 0.6 is 0 Å². The van der Waals surface area contributed by atoms with Crippen LogP contribution in [0.25, 0.3) is 0 Å². The van der Waals surface area contributed by atoms with Crippen molar-refractivity contribution in [2.75, 3.05) is 10.0 Å². The molecule has 122 valence electrons. The van der Waals surface area contributed by atoms with E-state index >= 15 is 0 Å². The molecule has 9 heteroatoms. The van der Waals surface area contributed by atoms with Gasteiger partial charge in [-0.2, -0.15) is 0 Å². The first kappa shape index (κ1) is 16.8. The second kappa shape index (κ2) is 6.29. The first-order valence-corrected chi connectivity index (χ1v) is 7.73. The molecule has 5 nitrogen and oxygen atoms in total. The number of carbonyl (C=O) groups excluding carboxylic acids is 1. The highest BCUT2D eigenvalue weighted by Gasteiger charge is 2.25. The maximum atomic E-state index is 13.7. The van der Waals surface area contributed by atoms with Crippen LogP contribution in [-0.2, 0) is 14.8 Å². The number of nitrogens with one attached hydrogen (secondary N) is 2. The predicted octanol–water partition coefficient (Wildman–Crippen LogP) is 2.86. The number of sulfonamides is 1. The molecule has 2 rings (SSSR count). The Hall–Kier alpha value is -2.55. The van der Waals surface area contributed by atoms with Crippen LogP contribution in [0.15, 0.2) is 41.3 Å². The van der Waals surface area contributed by atoms with E-state index in [9.17, 15) is 26.4 Å². The van der Waals surface area contributed by atoms with Crippen LogP contribution in [0.2, 0.25) is 0 Å². The van der Waals surface area contributed by atoms with Crippen molar-refractivity contribution in [1.29, 1.82) is 0 Å². The second-order valence-electron chi connectivity index (χ2n) is 4.53. The zero-order chi connectivity index (χ0) is 17.2. The van der Waals surface area contributed by atoms with Gasteiger partial charge in [0.1, 0.15) is 17.5 Å². The van der Waals surface area contributed by atoms with Gasteiger partial charge in [-0.15, -0.1) is 0 Å². The number of halogens is 3. The number of hydrogen-bond acceptors (Lipinski definition) is 3. The number of carbonyl (C=O) groups is 1. The SMILES string of the molecule is CC(=O)Nc1ccc(F)c(NS(=O)(=O)c2c(F)cccc2F)c1. The Balaban J connectivity index is 2.43. The molecule has 0 aliphatic heterocycles. The maximum absolute atomic E-state index is 13.7. The van der Waals surface area contributed by atoms with E-state index in [0.29, 0.717) is 0 Å². The predicted molar refractivity (Wildman–Crippen MR) is 77.9 cm³/mol. The highest BCUT2D eigenvalue weighted by molar-refractivity contribution is 7.92. The molecule has 0 heterocycles. The minimum atomic E-state index is -4.70. The van der Waals surface area contributed by atoms with E-state index in [1.165, 1.54) is 13.0 Å². The van der Waals surface area contributed by atoms with Gasteiger partial charge in [0, 0.05) is 12.6 Å². The average Bonchev–Trinajstić information content (AvgIpc) is 2.41. The van der Waals surface area contributed by atoms with Gasteiger partial charge in [-0.25, -0.2) is 21.6 Å². The van der Waals surface area contributed by atoms with Crippen molar-refractivity contribution in [3.05, 3.63) is 53.8 Å². The number of benzene rings is 2. The van der Waals surface area contributed by atoms with Gasteiger partial charge in [0.25, 0.3) is 10.0 Å².